The lowest BCUT2D eigenvalue weighted by Crippen LogP contribution is -2.44. The van der Waals surface area contributed by atoms with Crippen molar-refractivity contribution in [2.45, 2.75) is 52.1 Å². The number of rotatable bonds is 5. The van der Waals surface area contributed by atoms with E-state index in [9.17, 15) is 4.79 Å². The lowest BCUT2D eigenvalue weighted by atomic mass is 10.1. The normalized spacial score (nSPS) is 16.9. The molecule has 1 aliphatic carbocycles. The number of carbonyl (C=O) groups excluding carboxylic acids is 1. The molecule has 4 heteroatoms. The summed E-state index contributed by atoms with van der Waals surface area (Å²) in [6.45, 7) is 6.36. The minimum atomic E-state index is 0.0925. The van der Waals surface area contributed by atoms with Crippen LogP contribution in [0.25, 0.3) is 0 Å². The molecule has 0 aromatic heterocycles. The van der Waals surface area contributed by atoms with Gasteiger partial charge < -0.3 is 5.73 Å². The molecule has 1 aliphatic rings. The highest BCUT2D eigenvalue weighted by atomic mass is 16.1. The van der Waals surface area contributed by atoms with Crippen molar-refractivity contribution in [2.24, 2.45) is 16.6 Å². The maximum absolute atomic E-state index is 11.5. The molecular weight excluding hydrogens is 262 g/mol. The maximum Gasteiger partial charge on any atom is 0.216 e. The zero-order chi connectivity index (χ0) is 15.4. The number of benzene rings is 1. The molecule has 1 amide bonds. The molecule has 0 heterocycles. The second-order valence-electron chi connectivity index (χ2n) is 6.31. The lowest BCUT2D eigenvalue weighted by molar-refractivity contribution is -0.116. The van der Waals surface area contributed by atoms with Gasteiger partial charge in [-0.2, -0.15) is 0 Å². The third kappa shape index (κ3) is 3.84. The van der Waals surface area contributed by atoms with Gasteiger partial charge in [-0.1, -0.05) is 38.1 Å². The summed E-state index contributed by atoms with van der Waals surface area (Å²) in [6, 6.07) is 8.54. The summed E-state index contributed by atoms with van der Waals surface area (Å²) in [6.07, 6.45) is 3.49. The predicted molar refractivity (Wildman–Crippen MR) is 86.1 cm³/mol. The second-order valence-corrected chi connectivity index (χ2v) is 6.31. The molecule has 1 aromatic rings. The summed E-state index contributed by atoms with van der Waals surface area (Å²) in [5, 5.41) is 0. The van der Waals surface area contributed by atoms with Gasteiger partial charge in [-0.15, -0.1) is 0 Å². The average molecular weight is 287 g/mol. The lowest BCUT2D eigenvalue weighted by Gasteiger charge is -2.24. The van der Waals surface area contributed by atoms with Crippen LogP contribution in [0.15, 0.2) is 29.3 Å². The van der Waals surface area contributed by atoms with Crippen LogP contribution >= 0.6 is 0 Å². The first-order valence-electron chi connectivity index (χ1n) is 7.65. The number of hydrogen-bond donors (Lipinski definition) is 1. The van der Waals surface area contributed by atoms with Crippen LogP contribution in [0.3, 0.4) is 0 Å². The summed E-state index contributed by atoms with van der Waals surface area (Å²) in [4.78, 5) is 17.5. The smallest absolute Gasteiger partial charge is 0.216 e. The summed E-state index contributed by atoms with van der Waals surface area (Å²) in [7, 11) is 0. The molecule has 1 aromatic carbocycles. The van der Waals surface area contributed by atoms with Crippen molar-refractivity contribution >= 4 is 12.4 Å². The molecule has 4 nitrogen and oxygen atoms in total. The zero-order valence-electron chi connectivity index (χ0n) is 13.1. The van der Waals surface area contributed by atoms with Crippen molar-refractivity contribution in [3.8, 4) is 0 Å². The van der Waals surface area contributed by atoms with Crippen LogP contribution in [0.2, 0.25) is 0 Å². The summed E-state index contributed by atoms with van der Waals surface area (Å²) >= 11 is 0. The topological polar surface area (TPSA) is 58.7 Å². The minimum absolute atomic E-state index is 0.0925. The Labute approximate surface area is 127 Å². The number of aliphatic imine (C=N–C) groups is 1. The van der Waals surface area contributed by atoms with Gasteiger partial charge in [-0.05, 0) is 43.2 Å². The summed E-state index contributed by atoms with van der Waals surface area (Å²) in [5.41, 5.74) is 8.67. The highest BCUT2D eigenvalue weighted by molar-refractivity contribution is 5.88. The first kappa shape index (κ1) is 15.5. The van der Waals surface area contributed by atoms with E-state index in [2.05, 4.69) is 31.0 Å². The number of nitrogens with two attached hydrogens (primary N) is 1. The van der Waals surface area contributed by atoms with E-state index in [0.717, 1.165) is 25.7 Å². The zero-order valence-corrected chi connectivity index (χ0v) is 13.1. The fourth-order valence-electron chi connectivity index (χ4n) is 3.09. The molecule has 0 spiro atoms. The summed E-state index contributed by atoms with van der Waals surface area (Å²) < 4.78 is 0. The molecular formula is C17H25N3O. The van der Waals surface area contributed by atoms with E-state index in [-0.39, 0.29) is 12.1 Å². The molecule has 0 bridgehead atoms. The second kappa shape index (κ2) is 6.74. The van der Waals surface area contributed by atoms with Crippen LogP contribution < -0.4 is 5.73 Å². The Morgan fingerprint density at radius 2 is 1.90 bits per heavy atom. The van der Waals surface area contributed by atoms with E-state index >= 15 is 0 Å². The van der Waals surface area contributed by atoms with E-state index in [0.29, 0.717) is 11.9 Å². The third-order valence-corrected chi connectivity index (χ3v) is 3.97. The predicted octanol–water partition coefficient (Wildman–Crippen LogP) is 2.36. The van der Waals surface area contributed by atoms with Crippen molar-refractivity contribution < 1.29 is 4.79 Å². The van der Waals surface area contributed by atoms with Gasteiger partial charge in [0.1, 0.15) is 0 Å². The van der Waals surface area contributed by atoms with Crippen molar-refractivity contribution in [3.05, 3.63) is 35.4 Å². The Kier molecular flexibility index (Phi) is 4.99. The average Bonchev–Trinajstić information content (AvgIpc) is 2.81. The highest BCUT2D eigenvalue weighted by Crippen LogP contribution is 2.24. The van der Waals surface area contributed by atoms with Crippen LogP contribution in [0.4, 0.5) is 0 Å². The Balaban J connectivity index is 2.07. The van der Waals surface area contributed by atoms with Gasteiger partial charge in [-0.3, -0.25) is 9.69 Å². The van der Waals surface area contributed by atoms with E-state index in [1.54, 1.807) is 4.90 Å². The molecule has 0 saturated heterocycles. The van der Waals surface area contributed by atoms with Crippen LogP contribution in [0, 0.1) is 5.92 Å². The van der Waals surface area contributed by atoms with Crippen LogP contribution in [0.5, 0.6) is 0 Å². The largest absolute Gasteiger partial charge is 0.369 e. The standard InChI is InChI=1S/C17H25N3O/c1-12(2)8-13(3)19-17(18)20(11-21)16-9-14-6-4-5-7-15(14)10-16/h4-7,11-13,16H,8-10H2,1-3H3,(H2,18,19). The molecule has 21 heavy (non-hydrogen) atoms. The van der Waals surface area contributed by atoms with E-state index in [1.807, 2.05) is 19.1 Å². The van der Waals surface area contributed by atoms with Crippen molar-refractivity contribution in [2.75, 3.05) is 0 Å². The van der Waals surface area contributed by atoms with Gasteiger partial charge in [0, 0.05) is 6.04 Å². The van der Waals surface area contributed by atoms with Crippen LogP contribution in [-0.4, -0.2) is 29.4 Å². The van der Waals surface area contributed by atoms with Crippen LogP contribution in [0.1, 0.15) is 38.3 Å². The number of hydrogen-bond acceptors (Lipinski definition) is 2. The van der Waals surface area contributed by atoms with E-state index in [4.69, 9.17) is 5.73 Å². The number of nitrogens with zero attached hydrogens (tertiary/aromatic N) is 2. The Morgan fingerprint density at radius 1 is 1.33 bits per heavy atom. The maximum atomic E-state index is 11.5. The minimum Gasteiger partial charge on any atom is -0.369 e. The highest BCUT2D eigenvalue weighted by Gasteiger charge is 2.27. The Bertz CT molecular complexity index is 500. The van der Waals surface area contributed by atoms with Gasteiger partial charge in [0.2, 0.25) is 6.41 Å². The van der Waals surface area contributed by atoms with E-state index in [1.165, 1.54) is 11.1 Å². The van der Waals surface area contributed by atoms with Gasteiger partial charge >= 0.3 is 0 Å². The SMILES string of the molecule is CC(C)CC(C)N=C(N)N(C=O)C1Cc2ccccc2C1. The Morgan fingerprint density at radius 3 is 2.38 bits per heavy atom. The van der Waals surface area contributed by atoms with Gasteiger partial charge in [-0.25, -0.2) is 4.99 Å². The molecule has 0 aliphatic heterocycles. The number of amides is 1. The number of guanidine groups is 1. The molecule has 0 fully saturated rings. The molecule has 0 saturated carbocycles. The first-order chi connectivity index (χ1) is 10.0. The van der Waals surface area contributed by atoms with Gasteiger partial charge in [0.05, 0.1) is 6.04 Å². The molecule has 2 rings (SSSR count). The van der Waals surface area contributed by atoms with Crippen LogP contribution in [-0.2, 0) is 17.6 Å². The molecule has 1 atom stereocenters. The third-order valence-electron chi connectivity index (χ3n) is 3.97. The molecule has 1 unspecified atom stereocenters. The number of fused-ring (bicyclic) bond motifs is 1. The fourth-order valence-corrected chi connectivity index (χ4v) is 3.09. The molecule has 114 valence electrons. The van der Waals surface area contributed by atoms with Gasteiger partial charge in [0.15, 0.2) is 5.96 Å². The molecule has 2 N–H and O–H groups in total. The van der Waals surface area contributed by atoms with Crippen molar-refractivity contribution in [1.82, 2.24) is 4.90 Å². The molecule has 0 radical (unpaired) electrons. The monoisotopic (exact) mass is 287 g/mol. The van der Waals surface area contributed by atoms with Gasteiger partial charge in [0.25, 0.3) is 0 Å². The summed E-state index contributed by atoms with van der Waals surface area (Å²) in [5.74, 6) is 0.910. The first-order valence-corrected chi connectivity index (χ1v) is 7.65. The van der Waals surface area contributed by atoms with E-state index < -0.39 is 0 Å². The Hall–Kier alpha value is -1.84. The quantitative estimate of drug-likeness (QED) is 0.513. The van der Waals surface area contributed by atoms with Crippen molar-refractivity contribution in [1.29, 1.82) is 0 Å². The van der Waals surface area contributed by atoms with Crippen molar-refractivity contribution in [3.63, 3.8) is 0 Å². The fraction of sp³-hybridized carbons (Fsp3) is 0.529. The number of carbonyl (C=O) groups is 1.